The normalized spacial score (nSPS) is 17.4. The van der Waals surface area contributed by atoms with E-state index in [2.05, 4.69) is 19.2 Å². The molecule has 0 atom stereocenters. The average molecular weight is 242 g/mol. The second kappa shape index (κ2) is 5.38. The highest BCUT2D eigenvalue weighted by molar-refractivity contribution is 5.87. The largest absolute Gasteiger partial charge is 0.480 e. The van der Waals surface area contributed by atoms with Crippen LogP contribution >= 0.6 is 0 Å². The predicted molar refractivity (Wildman–Crippen MR) is 64.8 cm³/mol. The molecule has 0 aromatic carbocycles. The van der Waals surface area contributed by atoms with Crippen LogP contribution in [0.2, 0.25) is 0 Å². The lowest BCUT2D eigenvalue weighted by molar-refractivity contribution is -0.148. The maximum Gasteiger partial charge on any atom is 0.329 e. The van der Waals surface area contributed by atoms with Crippen LogP contribution in [0.25, 0.3) is 0 Å². The third-order valence-electron chi connectivity index (χ3n) is 3.35. The minimum Gasteiger partial charge on any atom is -0.480 e. The Balaban J connectivity index is 2.45. The molecule has 2 N–H and O–H groups in total. The van der Waals surface area contributed by atoms with E-state index >= 15 is 0 Å². The predicted octanol–water partition coefficient (Wildman–Crippen LogP) is 1.68. The zero-order valence-corrected chi connectivity index (χ0v) is 10.8. The molecule has 0 unspecified atom stereocenters. The number of nitrogens with one attached hydrogen (secondary N) is 1. The maximum atomic E-state index is 11.8. The fraction of sp³-hybridized carbons (Fsp3) is 0.833. The molecule has 98 valence electrons. The number of carboxylic acids is 1. The lowest BCUT2D eigenvalue weighted by atomic mass is 9.77. The highest BCUT2D eigenvalue weighted by atomic mass is 16.4. The molecule has 0 aromatic heterocycles. The van der Waals surface area contributed by atoms with Gasteiger partial charge >= 0.3 is 12.0 Å². The molecule has 1 saturated carbocycles. The van der Waals surface area contributed by atoms with E-state index in [9.17, 15) is 9.59 Å². The Hall–Kier alpha value is -1.26. The monoisotopic (exact) mass is 242 g/mol. The van der Waals surface area contributed by atoms with Gasteiger partial charge in [-0.1, -0.05) is 13.8 Å². The summed E-state index contributed by atoms with van der Waals surface area (Å²) in [6, 6.07) is -0.284. The summed E-state index contributed by atoms with van der Waals surface area (Å²) >= 11 is 0. The van der Waals surface area contributed by atoms with Gasteiger partial charge in [-0.2, -0.15) is 0 Å². The number of rotatable bonds is 5. The van der Waals surface area contributed by atoms with Crippen molar-refractivity contribution in [1.29, 1.82) is 0 Å². The number of hydrogen-bond donors (Lipinski definition) is 2. The lowest BCUT2D eigenvalue weighted by Gasteiger charge is -2.39. The molecule has 0 heterocycles. The van der Waals surface area contributed by atoms with Gasteiger partial charge in [0.05, 0.1) is 0 Å². The van der Waals surface area contributed by atoms with E-state index in [1.807, 2.05) is 0 Å². The molecule has 0 bridgehead atoms. The quantitative estimate of drug-likeness (QED) is 0.770. The van der Waals surface area contributed by atoms with Crippen molar-refractivity contribution in [1.82, 2.24) is 10.2 Å². The van der Waals surface area contributed by atoms with Gasteiger partial charge in [-0.15, -0.1) is 0 Å². The SMILES string of the molecule is CC(C)CCN(C)C(=O)NC1(C(=O)O)CCC1. The number of carboxylic acid groups (broad SMARTS) is 1. The van der Waals surface area contributed by atoms with Crippen LogP contribution in [0.1, 0.15) is 39.5 Å². The molecule has 1 rings (SSSR count). The number of amides is 2. The highest BCUT2D eigenvalue weighted by Gasteiger charge is 2.46. The van der Waals surface area contributed by atoms with E-state index in [0.717, 1.165) is 12.8 Å². The van der Waals surface area contributed by atoms with Crippen molar-refractivity contribution in [3.05, 3.63) is 0 Å². The maximum absolute atomic E-state index is 11.8. The van der Waals surface area contributed by atoms with Crippen molar-refractivity contribution in [2.45, 2.75) is 45.1 Å². The third kappa shape index (κ3) is 3.35. The van der Waals surface area contributed by atoms with Crippen molar-refractivity contribution in [3.63, 3.8) is 0 Å². The van der Waals surface area contributed by atoms with E-state index in [0.29, 0.717) is 25.3 Å². The Morgan fingerprint density at radius 1 is 1.41 bits per heavy atom. The van der Waals surface area contributed by atoms with Gasteiger partial charge < -0.3 is 15.3 Å². The molecule has 0 radical (unpaired) electrons. The molecule has 1 fully saturated rings. The molecule has 0 aliphatic heterocycles. The first-order chi connectivity index (χ1) is 7.87. The van der Waals surface area contributed by atoms with Gasteiger partial charge in [0.1, 0.15) is 5.54 Å². The number of aliphatic carboxylic acids is 1. The molecule has 2 amide bonds. The molecule has 0 saturated heterocycles. The van der Waals surface area contributed by atoms with Crippen LogP contribution in [-0.2, 0) is 4.79 Å². The zero-order valence-electron chi connectivity index (χ0n) is 10.8. The Morgan fingerprint density at radius 3 is 2.35 bits per heavy atom. The van der Waals surface area contributed by atoms with Crippen LogP contribution in [0.4, 0.5) is 4.79 Å². The Morgan fingerprint density at radius 2 is 2.00 bits per heavy atom. The van der Waals surface area contributed by atoms with Crippen LogP contribution < -0.4 is 5.32 Å². The smallest absolute Gasteiger partial charge is 0.329 e. The van der Waals surface area contributed by atoms with E-state index in [4.69, 9.17) is 5.11 Å². The second-order valence-electron chi connectivity index (χ2n) is 5.28. The summed E-state index contributed by atoms with van der Waals surface area (Å²) in [6.45, 7) is 4.84. The van der Waals surface area contributed by atoms with E-state index < -0.39 is 11.5 Å². The number of carbonyl (C=O) groups excluding carboxylic acids is 1. The van der Waals surface area contributed by atoms with Crippen molar-refractivity contribution in [2.24, 2.45) is 5.92 Å². The number of hydrogen-bond acceptors (Lipinski definition) is 2. The van der Waals surface area contributed by atoms with Gasteiger partial charge in [-0.3, -0.25) is 0 Å². The second-order valence-corrected chi connectivity index (χ2v) is 5.28. The third-order valence-corrected chi connectivity index (χ3v) is 3.35. The van der Waals surface area contributed by atoms with Gasteiger partial charge in [0.25, 0.3) is 0 Å². The fourth-order valence-corrected chi connectivity index (χ4v) is 1.78. The molecule has 1 aliphatic carbocycles. The molecule has 0 spiro atoms. The first-order valence-corrected chi connectivity index (χ1v) is 6.14. The van der Waals surface area contributed by atoms with E-state index in [1.54, 1.807) is 11.9 Å². The summed E-state index contributed by atoms with van der Waals surface area (Å²) in [5, 5.41) is 11.7. The molecule has 1 aliphatic rings. The topological polar surface area (TPSA) is 69.6 Å². The lowest BCUT2D eigenvalue weighted by Crippen LogP contribution is -2.61. The Labute approximate surface area is 102 Å². The van der Waals surface area contributed by atoms with Crippen molar-refractivity contribution in [2.75, 3.05) is 13.6 Å². The molecular weight excluding hydrogens is 220 g/mol. The van der Waals surface area contributed by atoms with Crippen molar-refractivity contribution in [3.8, 4) is 0 Å². The van der Waals surface area contributed by atoms with E-state index in [1.165, 1.54) is 0 Å². The molecule has 17 heavy (non-hydrogen) atoms. The number of carbonyl (C=O) groups is 2. The summed E-state index contributed by atoms with van der Waals surface area (Å²) in [6.07, 6.45) is 2.85. The Kier molecular flexibility index (Phi) is 4.37. The first-order valence-electron chi connectivity index (χ1n) is 6.14. The molecular formula is C12H22N2O3. The van der Waals surface area contributed by atoms with Crippen LogP contribution in [0.15, 0.2) is 0 Å². The van der Waals surface area contributed by atoms with Crippen LogP contribution in [-0.4, -0.2) is 41.1 Å². The van der Waals surface area contributed by atoms with Gasteiger partial charge in [0, 0.05) is 13.6 Å². The fourth-order valence-electron chi connectivity index (χ4n) is 1.78. The molecule has 5 nitrogen and oxygen atoms in total. The highest BCUT2D eigenvalue weighted by Crippen LogP contribution is 2.32. The minimum atomic E-state index is -1.01. The average Bonchev–Trinajstić information content (AvgIpc) is 2.18. The number of nitrogens with zero attached hydrogens (tertiary/aromatic N) is 1. The standard InChI is InChI=1S/C12H22N2O3/c1-9(2)5-8-14(3)11(17)13-12(10(15)16)6-4-7-12/h9H,4-8H2,1-3H3,(H,13,17)(H,15,16). The zero-order chi connectivity index (χ0) is 13.1. The molecule has 0 aromatic rings. The number of urea groups is 1. The summed E-state index contributed by atoms with van der Waals surface area (Å²) < 4.78 is 0. The van der Waals surface area contributed by atoms with Gasteiger partial charge in [0.2, 0.25) is 0 Å². The van der Waals surface area contributed by atoms with Crippen molar-refractivity contribution >= 4 is 12.0 Å². The first kappa shape index (κ1) is 13.8. The van der Waals surface area contributed by atoms with Gasteiger partial charge in [-0.05, 0) is 31.6 Å². The van der Waals surface area contributed by atoms with Gasteiger partial charge in [-0.25, -0.2) is 9.59 Å². The van der Waals surface area contributed by atoms with Gasteiger partial charge in [0.15, 0.2) is 0 Å². The minimum absolute atomic E-state index is 0.284. The van der Waals surface area contributed by atoms with E-state index in [-0.39, 0.29) is 6.03 Å². The van der Waals surface area contributed by atoms with Crippen LogP contribution in [0.3, 0.4) is 0 Å². The Bertz CT molecular complexity index is 298. The van der Waals surface area contributed by atoms with Crippen LogP contribution in [0, 0.1) is 5.92 Å². The summed E-state index contributed by atoms with van der Waals surface area (Å²) in [5.74, 6) is -0.392. The van der Waals surface area contributed by atoms with Crippen LogP contribution in [0.5, 0.6) is 0 Å². The molecule has 5 heteroatoms. The summed E-state index contributed by atoms with van der Waals surface area (Å²) in [5.41, 5.74) is -1.01. The summed E-state index contributed by atoms with van der Waals surface area (Å²) in [4.78, 5) is 24.5. The van der Waals surface area contributed by atoms with Crippen molar-refractivity contribution < 1.29 is 14.7 Å². The summed E-state index contributed by atoms with van der Waals surface area (Å²) in [7, 11) is 1.70.